The minimum Gasteiger partial charge on any atom is -0.347 e. The molecule has 0 aliphatic carbocycles. The fourth-order valence-electron chi connectivity index (χ4n) is 1.84. The zero-order valence-electron chi connectivity index (χ0n) is 10.3. The standard InChI is InChI=1S/C14H16N2O/c1-10-6-7-12(11(2)9-10)15-14(17)13-5-4-8-16(13)3/h4-9H,1-3H3,(H,15,17). The highest BCUT2D eigenvalue weighted by Crippen LogP contribution is 2.17. The average Bonchev–Trinajstić information content (AvgIpc) is 2.68. The molecular weight excluding hydrogens is 212 g/mol. The highest BCUT2D eigenvalue weighted by molar-refractivity contribution is 6.03. The van der Waals surface area contributed by atoms with E-state index in [9.17, 15) is 4.79 Å². The third-order valence-corrected chi connectivity index (χ3v) is 2.81. The Morgan fingerprint density at radius 2 is 2.00 bits per heavy atom. The summed E-state index contributed by atoms with van der Waals surface area (Å²) in [6, 6.07) is 9.65. The third-order valence-electron chi connectivity index (χ3n) is 2.81. The molecule has 88 valence electrons. The van der Waals surface area contributed by atoms with Crippen LogP contribution in [0.3, 0.4) is 0 Å². The summed E-state index contributed by atoms with van der Waals surface area (Å²) in [5.74, 6) is -0.0792. The molecule has 3 heteroatoms. The number of hydrogen-bond acceptors (Lipinski definition) is 1. The zero-order chi connectivity index (χ0) is 12.4. The molecule has 0 bridgehead atoms. The van der Waals surface area contributed by atoms with Crippen molar-refractivity contribution >= 4 is 11.6 Å². The van der Waals surface area contributed by atoms with Crippen LogP contribution >= 0.6 is 0 Å². The number of carbonyl (C=O) groups excluding carboxylic acids is 1. The lowest BCUT2D eigenvalue weighted by molar-refractivity contribution is 0.101. The molecule has 0 spiro atoms. The molecule has 2 aromatic rings. The molecule has 1 N–H and O–H groups in total. The molecule has 0 saturated heterocycles. The number of aromatic nitrogens is 1. The van der Waals surface area contributed by atoms with E-state index in [2.05, 4.69) is 11.4 Å². The predicted octanol–water partition coefficient (Wildman–Crippen LogP) is 2.89. The van der Waals surface area contributed by atoms with Gasteiger partial charge in [0.05, 0.1) is 0 Å². The maximum atomic E-state index is 12.0. The molecule has 1 heterocycles. The van der Waals surface area contributed by atoms with Gasteiger partial charge in [-0.2, -0.15) is 0 Å². The summed E-state index contributed by atoms with van der Waals surface area (Å²) < 4.78 is 1.80. The van der Waals surface area contributed by atoms with Gasteiger partial charge in [0.15, 0.2) is 0 Å². The molecule has 0 saturated carbocycles. The summed E-state index contributed by atoms with van der Waals surface area (Å²) >= 11 is 0. The van der Waals surface area contributed by atoms with Gasteiger partial charge in [-0.25, -0.2) is 0 Å². The van der Waals surface area contributed by atoms with Crippen molar-refractivity contribution in [2.45, 2.75) is 13.8 Å². The van der Waals surface area contributed by atoms with Gasteiger partial charge in [0.1, 0.15) is 5.69 Å². The van der Waals surface area contributed by atoms with Crippen LogP contribution < -0.4 is 5.32 Å². The maximum absolute atomic E-state index is 12.0. The average molecular weight is 228 g/mol. The van der Waals surface area contributed by atoms with E-state index in [1.54, 1.807) is 10.6 Å². The Labute approximate surface area is 101 Å². The van der Waals surface area contributed by atoms with Gasteiger partial charge in [0.25, 0.3) is 5.91 Å². The number of benzene rings is 1. The van der Waals surface area contributed by atoms with E-state index in [4.69, 9.17) is 0 Å². The van der Waals surface area contributed by atoms with E-state index in [0.29, 0.717) is 5.69 Å². The summed E-state index contributed by atoms with van der Waals surface area (Å²) in [4.78, 5) is 12.0. The van der Waals surface area contributed by atoms with Crippen LogP contribution in [0, 0.1) is 13.8 Å². The monoisotopic (exact) mass is 228 g/mol. The number of amides is 1. The number of anilines is 1. The van der Waals surface area contributed by atoms with E-state index < -0.39 is 0 Å². The van der Waals surface area contributed by atoms with Crippen LogP contribution in [0.4, 0.5) is 5.69 Å². The first kappa shape index (κ1) is 11.5. The minimum atomic E-state index is -0.0792. The number of nitrogens with zero attached hydrogens (tertiary/aromatic N) is 1. The first-order valence-corrected chi connectivity index (χ1v) is 5.58. The van der Waals surface area contributed by atoms with Crippen LogP contribution in [0.1, 0.15) is 21.6 Å². The summed E-state index contributed by atoms with van der Waals surface area (Å²) in [6.45, 7) is 4.03. The molecule has 0 atom stereocenters. The van der Waals surface area contributed by atoms with Gasteiger partial charge in [-0.3, -0.25) is 4.79 Å². The SMILES string of the molecule is Cc1ccc(NC(=O)c2cccn2C)c(C)c1. The number of rotatable bonds is 2. The van der Waals surface area contributed by atoms with Crippen LogP contribution in [0.5, 0.6) is 0 Å². The molecule has 17 heavy (non-hydrogen) atoms. The third kappa shape index (κ3) is 2.38. The van der Waals surface area contributed by atoms with E-state index in [-0.39, 0.29) is 5.91 Å². The Hall–Kier alpha value is -2.03. The maximum Gasteiger partial charge on any atom is 0.272 e. The van der Waals surface area contributed by atoms with Gasteiger partial charge in [0, 0.05) is 18.9 Å². The Morgan fingerprint density at radius 1 is 1.24 bits per heavy atom. The second-order valence-corrected chi connectivity index (χ2v) is 4.28. The zero-order valence-corrected chi connectivity index (χ0v) is 10.3. The number of carbonyl (C=O) groups is 1. The molecule has 0 fully saturated rings. The molecule has 1 aromatic carbocycles. The normalized spacial score (nSPS) is 10.3. The van der Waals surface area contributed by atoms with E-state index in [1.807, 2.05) is 45.3 Å². The smallest absolute Gasteiger partial charge is 0.272 e. The molecular formula is C14H16N2O. The molecule has 0 unspecified atom stereocenters. The largest absolute Gasteiger partial charge is 0.347 e. The first-order chi connectivity index (χ1) is 8.08. The van der Waals surface area contributed by atoms with E-state index >= 15 is 0 Å². The Kier molecular flexibility index (Phi) is 3.00. The Balaban J connectivity index is 2.22. The quantitative estimate of drug-likeness (QED) is 0.842. The van der Waals surface area contributed by atoms with Crippen molar-refractivity contribution in [2.75, 3.05) is 5.32 Å². The lowest BCUT2D eigenvalue weighted by atomic mass is 10.1. The van der Waals surface area contributed by atoms with Gasteiger partial charge in [-0.1, -0.05) is 17.7 Å². The van der Waals surface area contributed by atoms with Crippen LogP contribution in [0.15, 0.2) is 36.5 Å². The highest BCUT2D eigenvalue weighted by atomic mass is 16.1. The molecule has 0 aliphatic rings. The molecule has 3 nitrogen and oxygen atoms in total. The Bertz CT molecular complexity index is 555. The number of aryl methyl sites for hydroxylation is 3. The summed E-state index contributed by atoms with van der Waals surface area (Å²) in [5, 5.41) is 2.92. The Morgan fingerprint density at radius 3 is 2.59 bits per heavy atom. The topological polar surface area (TPSA) is 34.0 Å². The van der Waals surface area contributed by atoms with Crippen molar-refractivity contribution < 1.29 is 4.79 Å². The fourth-order valence-corrected chi connectivity index (χ4v) is 1.84. The van der Waals surface area contributed by atoms with Crippen LogP contribution in [0.2, 0.25) is 0 Å². The molecule has 1 amide bonds. The molecule has 0 radical (unpaired) electrons. The molecule has 0 aliphatic heterocycles. The van der Waals surface area contributed by atoms with Crippen molar-refractivity contribution in [1.29, 1.82) is 0 Å². The van der Waals surface area contributed by atoms with Gasteiger partial charge in [-0.05, 0) is 37.6 Å². The second kappa shape index (κ2) is 4.45. The van der Waals surface area contributed by atoms with Crippen molar-refractivity contribution in [2.24, 2.45) is 7.05 Å². The lowest BCUT2D eigenvalue weighted by Crippen LogP contribution is -2.15. The number of nitrogens with one attached hydrogen (secondary N) is 1. The van der Waals surface area contributed by atoms with E-state index in [0.717, 1.165) is 11.3 Å². The minimum absolute atomic E-state index is 0.0792. The summed E-state index contributed by atoms with van der Waals surface area (Å²) in [6.07, 6.45) is 1.86. The van der Waals surface area contributed by atoms with E-state index in [1.165, 1.54) is 5.56 Å². The van der Waals surface area contributed by atoms with Gasteiger partial charge >= 0.3 is 0 Å². The van der Waals surface area contributed by atoms with Gasteiger partial charge in [-0.15, -0.1) is 0 Å². The summed E-state index contributed by atoms with van der Waals surface area (Å²) in [5.41, 5.74) is 3.79. The van der Waals surface area contributed by atoms with Gasteiger partial charge in [0.2, 0.25) is 0 Å². The van der Waals surface area contributed by atoms with Crippen LogP contribution in [0.25, 0.3) is 0 Å². The second-order valence-electron chi connectivity index (χ2n) is 4.28. The van der Waals surface area contributed by atoms with Crippen molar-refractivity contribution in [3.63, 3.8) is 0 Å². The van der Waals surface area contributed by atoms with Crippen LogP contribution in [-0.2, 0) is 7.05 Å². The first-order valence-electron chi connectivity index (χ1n) is 5.58. The van der Waals surface area contributed by atoms with Gasteiger partial charge < -0.3 is 9.88 Å². The van der Waals surface area contributed by atoms with Crippen molar-refractivity contribution in [3.05, 3.63) is 53.3 Å². The fraction of sp³-hybridized carbons (Fsp3) is 0.214. The highest BCUT2D eigenvalue weighted by Gasteiger charge is 2.09. The molecule has 2 rings (SSSR count). The predicted molar refractivity (Wildman–Crippen MR) is 69.3 cm³/mol. The van der Waals surface area contributed by atoms with Crippen LogP contribution in [-0.4, -0.2) is 10.5 Å². The number of hydrogen-bond donors (Lipinski definition) is 1. The lowest BCUT2D eigenvalue weighted by Gasteiger charge is -2.09. The van der Waals surface area contributed by atoms with Crippen molar-refractivity contribution in [1.82, 2.24) is 4.57 Å². The molecule has 1 aromatic heterocycles. The van der Waals surface area contributed by atoms with Crippen molar-refractivity contribution in [3.8, 4) is 0 Å². The summed E-state index contributed by atoms with van der Waals surface area (Å²) in [7, 11) is 1.86.